The number of hydrogen-bond acceptors (Lipinski definition) is 12. The Labute approximate surface area is 373 Å². The fraction of sp³-hybridized carbons (Fsp3) is 0.659. The van der Waals surface area contributed by atoms with Gasteiger partial charge in [0.25, 0.3) is 11.8 Å². The van der Waals surface area contributed by atoms with Gasteiger partial charge in [-0.1, -0.05) is 38.8 Å². The van der Waals surface area contributed by atoms with E-state index < -0.39 is 120 Å². The van der Waals surface area contributed by atoms with Crippen molar-refractivity contribution in [3.05, 3.63) is 41.6 Å². The molecule has 1 aromatic carbocycles. The van der Waals surface area contributed by atoms with E-state index in [4.69, 9.17) is 19.2 Å². The second-order valence-corrected chi connectivity index (χ2v) is 24.0. The van der Waals surface area contributed by atoms with Crippen LogP contribution in [-0.4, -0.2) is 110 Å². The number of alkyl halides is 2. The maximum atomic E-state index is 17.2. The zero-order chi connectivity index (χ0) is 46.8. The first kappa shape index (κ1) is 47.4. The Kier molecular flexibility index (Phi) is 12.4. The van der Waals surface area contributed by atoms with Gasteiger partial charge in [0, 0.05) is 30.4 Å². The molecular weight excluding hydrogens is 877 g/mol. The molecule has 2 saturated carbocycles. The van der Waals surface area contributed by atoms with E-state index in [9.17, 15) is 36.0 Å². The Balaban J connectivity index is 1.28. The van der Waals surface area contributed by atoms with Crippen LogP contribution in [0.3, 0.4) is 0 Å². The lowest BCUT2D eigenvalue weighted by atomic mass is 9.83. The van der Waals surface area contributed by atoms with E-state index in [1.807, 2.05) is 6.08 Å². The standard InChI is InChI=1S/C44H59F2N5O11S2/c1-26(2)34-35-33(29-21-28(60-6)15-16-30(29)47-34)44(45,46)24-42(61-35)23-32-36(52)49-43(38(54)50-64(58,59)41(5)17-18-41)22-27(43)13-11-9-8-10-12-14-31(37(53)51(32)25-42)48-39(55)62-40(3,4)19-20-63(7,56)57/h11,13,15-16,21,26-27,31-32H,8-10,12,14,17-20,22-25H2,1-7H3,(H,48,55)(H,49,52)(H,50,54)/b13-11-/t27-,31+,32+,42+,43-/m1/s1. The van der Waals surface area contributed by atoms with Gasteiger partial charge in [-0.3, -0.25) is 19.1 Å². The summed E-state index contributed by atoms with van der Waals surface area (Å²) in [6, 6.07) is 1.80. The highest BCUT2D eigenvalue weighted by molar-refractivity contribution is 7.91. The Morgan fingerprint density at radius 2 is 1.81 bits per heavy atom. The SMILES string of the molecule is COc1ccc2nc(C(C)C)c3c(c2c1)C(F)(F)C[C@]1(C[C@H]2C(=O)N[C@]4(C(=O)NS(=O)(=O)C5(C)CC5)C[C@H]4/C=C\CCCCC[C@H](NC(=O)OC(C)(C)CCS(C)(=O)=O)C(=O)N2C1)O3. The second kappa shape index (κ2) is 16.7. The molecule has 2 aliphatic carbocycles. The molecule has 3 fully saturated rings. The van der Waals surface area contributed by atoms with Crippen molar-refractivity contribution in [1.29, 1.82) is 0 Å². The lowest BCUT2D eigenvalue weighted by Crippen LogP contribution is -2.58. The number of aromatic nitrogens is 1. The van der Waals surface area contributed by atoms with Crippen LogP contribution in [-0.2, 0) is 44.9 Å². The lowest BCUT2D eigenvalue weighted by Gasteiger charge is -2.41. The van der Waals surface area contributed by atoms with Crippen LogP contribution in [0.25, 0.3) is 10.9 Å². The predicted molar refractivity (Wildman–Crippen MR) is 232 cm³/mol. The second-order valence-electron chi connectivity index (χ2n) is 19.5. The monoisotopic (exact) mass is 935 g/mol. The summed E-state index contributed by atoms with van der Waals surface area (Å²) in [6.07, 6.45) is 5.24. The zero-order valence-electron chi connectivity index (χ0n) is 37.3. The third-order valence-electron chi connectivity index (χ3n) is 13.3. The minimum absolute atomic E-state index is 0.0402. The third-order valence-corrected chi connectivity index (χ3v) is 16.4. The topological polar surface area (TPSA) is 216 Å². The molecule has 1 saturated heterocycles. The van der Waals surface area contributed by atoms with Crippen molar-refractivity contribution in [3.63, 3.8) is 0 Å². The quantitative estimate of drug-likeness (QED) is 0.260. The van der Waals surface area contributed by atoms with Crippen molar-refractivity contribution in [3.8, 4) is 11.5 Å². The van der Waals surface area contributed by atoms with E-state index in [0.717, 1.165) is 11.2 Å². The van der Waals surface area contributed by atoms with Gasteiger partial charge in [0.15, 0.2) is 5.75 Å². The highest BCUT2D eigenvalue weighted by atomic mass is 32.2. The van der Waals surface area contributed by atoms with Crippen molar-refractivity contribution in [2.45, 2.75) is 151 Å². The molecule has 3 N–H and O–H groups in total. The lowest BCUT2D eigenvalue weighted by molar-refractivity contribution is -0.141. The number of fused-ring (bicyclic) bond motifs is 5. The van der Waals surface area contributed by atoms with Gasteiger partial charge in [-0.15, -0.1) is 0 Å². The number of pyridine rings is 1. The minimum Gasteiger partial charge on any atom is -0.497 e. The van der Waals surface area contributed by atoms with Gasteiger partial charge in [-0.25, -0.2) is 35.4 Å². The van der Waals surface area contributed by atoms with Crippen molar-refractivity contribution >= 4 is 54.6 Å². The molecule has 0 radical (unpaired) electrons. The fourth-order valence-electron chi connectivity index (χ4n) is 9.07. The number of methoxy groups -OCH3 is 1. The van der Waals surface area contributed by atoms with Gasteiger partial charge in [0.05, 0.1) is 47.3 Å². The van der Waals surface area contributed by atoms with Crippen LogP contribution < -0.4 is 24.8 Å². The molecule has 4 amide bonds. The van der Waals surface area contributed by atoms with E-state index in [0.29, 0.717) is 49.8 Å². The van der Waals surface area contributed by atoms with Crippen LogP contribution in [0.1, 0.15) is 122 Å². The van der Waals surface area contributed by atoms with E-state index in [2.05, 4.69) is 15.4 Å². The molecule has 0 bridgehead atoms. The van der Waals surface area contributed by atoms with Crippen LogP contribution >= 0.6 is 0 Å². The Morgan fingerprint density at radius 1 is 1.09 bits per heavy atom. The van der Waals surface area contributed by atoms with Crippen LogP contribution in [0.15, 0.2) is 30.4 Å². The number of sulfonamides is 1. The van der Waals surface area contributed by atoms with Crippen LogP contribution in [0.4, 0.5) is 13.6 Å². The van der Waals surface area contributed by atoms with Crippen molar-refractivity contribution < 1.29 is 59.0 Å². The molecule has 16 nitrogen and oxygen atoms in total. The predicted octanol–water partition coefficient (Wildman–Crippen LogP) is 5.28. The number of alkyl carbamates (subject to hydrolysis) is 1. The van der Waals surface area contributed by atoms with Gasteiger partial charge in [0.2, 0.25) is 21.8 Å². The average Bonchev–Trinajstić information content (AvgIpc) is 4.09. The summed E-state index contributed by atoms with van der Waals surface area (Å²) >= 11 is 0. The largest absolute Gasteiger partial charge is 0.497 e. The first-order chi connectivity index (χ1) is 29.7. The van der Waals surface area contributed by atoms with Gasteiger partial charge in [-0.05, 0) is 83.4 Å². The number of sulfone groups is 1. The maximum absolute atomic E-state index is 17.2. The molecular formula is C44H59F2N5O11S2. The first-order valence-corrected chi connectivity index (χ1v) is 25.4. The van der Waals surface area contributed by atoms with Gasteiger partial charge >= 0.3 is 6.09 Å². The van der Waals surface area contributed by atoms with Crippen molar-refractivity contribution in [2.75, 3.05) is 25.7 Å². The maximum Gasteiger partial charge on any atom is 0.408 e. The average molecular weight is 936 g/mol. The Bertz CT molecular complexity index is 2490. The zero-order valence-corrected chi connectivity index (χ0v) is 39.0. The normalized spacial score (nSPS) is 28.3. The number of nitrogens with zero attached hydrogens (tertiary/aromatic N) is 2. The highest BCUT2D eigenvalue weighted by Crippen LogP contribution is 2.56. The molecule has 352 valence electrons. The molecule has 1 spiro atoms. The van der Waals surface area contributed by atoms with E-state index in [1.54, 1.807) is 32.1 Å². The van der Waals surface area contributed by atoms with Gasteiger partial charge in [0.1, 0.15) is 44.4 Å². The summed E-state index contributed by atoms with van der Waals surface area (Å²) in [4.78, 5) is 63.2. The van der Waals surface area contributed by atoms with Crippen LogP contribution in [0, 0.1) is 5.92 Å². The summed E-state index contributed by atoms with van der Waals surface area (Å²) in [6.45, 7) is 7.61. The number of ether oxygens (including phenoxy) is 3. The molecule has 3 aliphatic heterocycles. The minimum atomic E-state index is -4.13. The third kappa shape index (κ3) is 9.54. The number of amides is 4. The number of allylic oxidation sites excluding steroid dienone is 1. The smallest absolute Gasteiger partial charge is 0.408 e. The molecule has 1 aromatic heterocycles. The number of carbonyl (C=O) groups is 4. The number of nitrogens with one attached hydrogen (secondary N) is 3. The number of benzene rings is 1. The summed E-state index contributed by atoms with van der Waals surface area (Å²) in [5, 5.41) is 5.50. The van der Waals surface area contributed by atoms with E-state index in [-0.39, 0.29) is 41.8 Å². The van der Waals surface area contributed by atoms with Crippen molar-refractivity contribution in [1.82, 2.24) is 25.2 Å². The Hall–Kier alpha value is -4.59. The number of hydrogen-bond donors (Lipinski definition) is 3. The molecule has 7 rings (SSSR count). The van der Waals surface area contributed by atoms with Gasteiger partial charge < -0.3 is 29.7 Å². The summed E-state index contributed by atoms with van der Waals surface area (Å²) in [5.74, 6) is -7.37. The Morgan fingerprint density at radius 3 is 2.47 bits per heavy atom. The molecule has 20 heteroatoms. The van der Waals surface area contributed by atoms with Crippen molar-refractivity contribution in [2.24, 2.45) is 5.92 Å². The fourth-order valence-corrected chi connectivity index (χ4v) is 11.2. The van der Waals surface area contributed by atoms with Gasteiger partial charge in [-0.2, -0.15) is 0 Å². The summed E-state index contributed by atoms with van der Waals surface area (Å²) in [5.41, 5.74) is -4.76. The molecule has 5 aliphatic rings. The molecule has 2 aromatic rings. The molecule has 64 heavy (non-hydrogen) atoms. The summed E-state index contributed by atoms with van der Waals surface area (Å²) < 4.78 is 103. The number of rotatable bonds is 10. The van der Waals surface area contributed by atoms with Crippen LogP contribution in [0.5, 0.6) is 11.5 Å². The number of carbonyl (C=O) groups excluding carboxylic acids is 4. The van der Waals surface area contributed by atoms with Crippen LogP contribution in [0.2, 0.25) is 0 Å². The summed E-state index contributed by atoms with van der Waals surface area (Å²) in [7, 11) is -6.13. The highest BCUT2D eigenvalue weighted by Gasteiger charge is 2.65. The molecule has 4 heterocycles. The van der Waals surface area contributed by atoms with E-state index in [1.165, 1.54) is 33.9 Å². The first-order valence-electron chi connectivity index (χ1n) is 21.9. The van der Waals surface area contributed by atoms with E-state index >= 15 is 8.78 Å². The number of halogens is 2. The molecule has 0 unspecified atom stereocenters. The molecule has 5 atom stereocenters.